The van der Waals surface area contributed by atoms with Crippen LogP contribution in [0.2, 0.25) is 0 Å². The summed E-state index contributed by atoms with van der Waals surface area (Å²) in [4.78, 5) is 0. The van der Waals surface area contributed by atoms with Gasteiger partial charge in [-0.15, -0.1) is 6.58 Å². The van der Waals surface area contributed by atoms with Gasteiger partial charge < -0.3 is 4.74 Å². The zero-order valence-electron chi connectivity index (χ0n) is 36.6. The van der Waals surface area contributed by atoms with Crippen molar-refractivity contribution in [2.24, 2.45) is 28.6 Å². The summed E-state index contributed by atoms with van der Waals surface area (Å²) < 4.78 is 30.2. The van der Waals surface area contributed by atoms with Crippen LogP contribution in [0.5, 0.6) is 0 Å². The Hall–Kier alpha value is -1.43. The molecule has 4 nitrogen and oxygen atoms in total. The molecular formula is C44H87NO3S. The van der Waals surface area contributed by atoms with Crippen molar-refractivity contribution in [3.63, 3.8) is 0 Å². The van der Waals surface area contributed by atoms with E-state index in [0.29, 0.717) is 46.5 Å². The van der Waals surface area contributed by atoms with Crippen LogP contribution in [0.4, 0.5) is 0 Å². The van der Waals surface area contributed by atoms with Gasteiger partial charge in [0.05, 0.1) is 18.0 Å². The van der Waals surface area contributed by atoms with E-state index in [4.69, 9.17) is 4.74 Å². The van der Waals surface area contributed by atoms with Crippen molar-refractivity contribution in [3.05, 3.63) is 60.2 Å². The summed E-state index contributed by atoms with van der Waals surface area (Å²) in [5, 5.41) is -0.0881. The molecule has 0 aromatic heterocycles. The van der Waals surface area contributed by atoms with Gasteiger partial charge in [0.1, 0.15) is 0 Å². The molecule has 1 aliphatic rings. The average molecular weight is 710 g/mol. The highest BCUT2D eigenvalue weighted by Gasteiger charge is 2.35. The first-order valence-corrected chi connectivity index (χ1v) is 20.8. The number of hydrogen-bond acceptors (Lipinski definition) is 3. The van der Waals surface area contributed by atoms with Gasteiger partial charge in [-0.3, -0.25) is 0 Å². The van der Waals surface area contributed by atoms with Crippen LogP contribution in [0.25, 0.3) is 0 Å². The van der Waals surface area contributed by atoms with E-state index in [0.717, 1.165) is 19.4 Å². The summed E-state index contributed by atoms with van der Waals surface area (Å²) in [5.74, 6) is 3.11. The third kappa shape index (κ3) is 34.8. The van der Waals surface area contributed by atoms with Gasteiger partial charge in [0.25, 0.3) is 0 Å². The van der Waals surface area contributed by atoms with Crippen molar-refractivity contribution in [2.75, 3.05) is 6.61 Å². The predicted octanol–water partition coefficient (Wildman–Crippen LogP) is 13.6. The molecule has 0 aliphatic heterocycles. The van der Waals surface area contributed by atoms with Crippen LogP contribution < -0.4 is 4.72 Å². The van der Waals surface area contributed by atoms with Gasteiger partial charge in [-0.05, 0) is 92.1 Å². The lowest BCUT2D eigenvalue weighted by Gasteiger charge is -2.34. The van der Waals surface area contributed by atoms with E-state index in [1.54, 1.807) is 0 Å². The third-order valence-electron chi connectivity index (χ3n) is 7.85. The second-order valence-corrected chi connectivity index (χ2v) is 19.0. The van der Waals surface area contributed by atoms with Crippen LogP contribution in [0.3, 0.4) is 0 Å². The summed E-state index contributed by atoms with van der Waals surface area (Å²) in [6.45, 7) is 49.5. The van der Waals surface area contributed by atoms with Gasteiger partial charge in [0, 0.05) is 6.04 Å². The summed E-state index contributed by atoms with van der Waals surface area (Å²) >= 11 is 0. The van der Waals surface area contributed by atoms with Crippen molar-refractivity contribution in [3.8, 4) is 0 Å². The molecule has 1 atom stereocenters. The van der Waals surface area contributed by atoms with Gasteiger partial charge in [0.15, 0.2) is 0 Å². The predicted molar refractivity (Wildman–Crippen MR) is 224 cm³/mol. The van der Waals surface area contributed by atoms with Gasteiger partial charge in [0.2, 0.25) is 10.0 Å². The van der Waals surface area contributed by atoms with Crippen molar-refractivity contribution >= 4 is 10.0 Å². The Kier molecular flexibility index (Phi) is 31.3. The third-order valence-corrected chi connectivity index (χ3v) is 9.99. The molecule has 0 radical (unpaired) electrons. The molecule has 1 N–H and O–H groups in total. The van der Waals surface area contributed by atoms with Crippen molar-refractivity contribution < 1.29 is 13.2 Å². The average Bonchev–Trinajstić information content (AvgIpc) is 3.82. The minimum Gasteiger partial charge on any atom is -0.378 e. The Morgan fingerprint density at radius 2 is 1.14 bits per heavy atom. The molecule has 5 heteroatoms. The standard InChI is InChI=1S/C12H18.C11H22O.C8H18.C6H13NO2S.C5H10.C2H6/c1-9(2)11-6-5-7-12(8-11)10(3)4;1-9(2)6-7-11(5)8-12-10(3)4;1-7(2,3)8(4,5)6;1-5(2)7-10(8,9)6-3-4-6;1-4-5(2)3;1-2/h5-10H,1-4H3;6-7,9-11H,8H2,1-5H3;1-6H3;5-7H,3-4H2,1-2H3;4-5H,1H2,2-3H3;1-2H3/b;7-6+;;;;. The molecule has 0 bridgehead atoms. The SMILES string of the molecule is C=CC(C)C.CC.CC(C)(C)C(C)(C)C.CC(C)/C=C/C(C)COC(C)C.CC(C)NS(=O)(=O)C1CC1.CC(C)c1cccc(C(C)C)c1. The maximum absolute atomic E-state index is 11.1. The molecule has 0 amide bonds. The first-order valence-electron chi connectivity index (χ1n) is 19.2. The smallest absolute Gasteiger partial charge is 0.214 e. The molecule has 292 valence electrons. The normalized spacial score (nSPS) is 13.8. The Bertz CT molecular complexity index is 1010. The molecule has 1 aliphatic carbocycles. The second-order valence-electron chi connectivity index (χ2n) is 17.0. The topological polar surface area (TPSA) is 55.4 Å². The zero-order valence-corrected chi connectivity index (χ0v) is 37.4. The quantitative estimate of drug-likeness (QED) is 0.233. The van der Waals surface area contributed by atoms with Crippen LogP contribution in [0.1, 0.15) is 181 Å². The number of benzene rings is 1. The molecule has 1 aromatic carbocycles. The fourth-order valence-electron chi connectivity index (χ4n) is 2.89. The van der Waals surface area contributed by atoms with Crippen LogP contribution in [-0.2, 0) is 14.8 Å². The molecule has 49 heavy (non-hydrogen) atoms. The summed E-state index contributed by atoms with van der Waals surface area (Å²) in [7, 11) is -2.94. The highest BCUT2D eigenvalue weighted by molar-refractivity contribution is 7.90. The van der Waals surface area contributed by atoms with Gasteiger partial charge in [-0.2, -0.15) is 0 Å². The van der Waals surface area contributed by atoms with E-state index in [2.05, 4.69) is 165 Å². The lowest BCUT2D eigenvalue weighted by atomic mass is 9.71. The van der Waals surface area contributed by atoms with Crippen LogP contribution >= 0.6 is 0 Å². The molecule has 1 saturated carbocycles. The monoisotopic (exact) mass is 710 g/mol. The molecular weight excluding hydrogens is 623 g/mol. The Morgan fingerprint density at radius 3 is 1.39 bits per heavy atom. The van der Waals surface area contributed by atoms with E-state index in [-0.39, 0.29) is 11.3 Å². The maximum atomic E-state index is 11.1. The van der Waals surface area contributed by atoms with E-state index in [9.17, 15) is 8.42 Å². The summed E-state index contributed by atoms with van der Waals surface area (Å²) in [6, 6.07) is 8.91. The van der Waals surface area contributed by atoms with Crippen LogP contribution in [0, 0.1) is 28.6 Å². The number of sulfonamides is 1. The van der Waals surface area contributed by atoms with Gasteiger partial charge >= 0.3 is 0 Å². The Labute approximate surface area is 309 Å². The van der Waals surface area contributed by atoms with E-state index in [1.165, 1.54) is 11.1 Å². The molecule has 1 aromatic rings. The van der Waals surface area contributed by atoms with Crippen molar-refractivity contribution in [2.45, 2.75) is 187 Å². The highest BCUT2D eigenvalue weighted by atomic mass is 32.2. The number of allylic oxidation sites excluding steroid dienone is 2. The molecule has 0 heterocycles. The molecule has 0 spiro atoms. The zero-order chi connectivity index (χ0) is 39.8. The second kappa shape index (κ2) is 28.2. The fourth-order valence-corrected chi connectivity index (χ4v) is 4.50. The summed E-state index contributed by atoms with van der Waals surface area (Å²) in [5.41, 5.74) is 3.77. The molecule has 1 fully saturated rings. The maximum Gasteiger partial charge on any atom is 0.214 e. The first kappa shape index (κ1) is 54.3. The summed E-state index contributed by atoms with van der Waals surface area (Å²) in [6.07, 6.45) is 8.39. The Morgan fingerprint density at radius 1 is 0.755 bits per heavy atom. The molecule has 2 rings (SSSR count). The minimum absolute atomic E-state index is 0.0330. The number of hydrogen-bond donors (Lipinski definition) is 1. The number of ether oxygens (including phenoxy) is 1. The number of rotatable bonds is 11. The van der Waals surface area contributed by atoms with Crippen LogP contribution in [0.15, 0.2) is 49.1 Å². The number of nitrogens with one attached hydrogen (secondary N) is 1. The van der Waals surface area contributed by atoms with Crippen molar-refractivity contribution in [1.29, 1.82) is 0 Å². The Balaban J connectivity index is -0.000000261. The van der Waals surface area contributed by atoms with Crippen LogP contribution in [-0.4, -0.2) is 32.4 Å². The highest BCUT2D eigenvalue weighted by Crippen LogP contribution is 2.36. The minimum atomic E-state index is -2.94. The molecule has 0 saturated heterocycles. The van der Waals surface area contributed by atoms with Gasteiger partial charge in [-0.1, -0.05) is 160 Å². The molecule has 1 unspecified atom stereocenters. The lowest BCUT2D eigenvalue weighted by Crippen LogP contribution is -2.32. The van der Waals surface area contributed by atoms with Crippen molar-refractivity contribution in [1.82, 2.24) is 4.72 Å². The van der Waals surface area contributed by atoms with E-state index >= 15 is 0 Å². The van der Waals surface area contributed by atoms with Gasteiger partial charge in [-0.25, -0.2) is 13.1 Å². The lowest BCUT2D eigenvalue weighted by molar-refractivity contribution is 0.0647. The van der Waals surface area contributed by atoms with E-state index < -0.39 is 10.0 Å². The fraction of sp³-hybridized carbons (Fsp3) is 0.773. The first-order chi connectivity index (χ1) is 22.2. The van der Waals surface area contributed by atoms with E-state index in [1.807, 2.05) is 33.8 Å². The largest absolute Gasteiger partial charge is 0.378 e.